The van der Waals surface area contributed by atoms with Crippen LogP contribution >= 0.6 is 0 Å². The molecule has 1 saturated carbocycles. The zero-order chi connectivity index (χ0) is 14.4. The van der Waals surface area contributed by atoms with E-state index in [1.165, 1.54) is 18.2 Å². The van der Waals surface area contributed by atoms with E-state index in [0.717, 1.165) is 25.7 Å². The molecule has 0 atom stereocenters. The number of halogens is 1. The SMILES string of the molecule is O=C(Nc1ccc(F)cc1C#CCCO)C1CCCC1. The zero-order valence-electron chi connectivity index (χ0n) is 11.3. The molecule has 4 heteroatoms. The zero-order valence-corrected chi connectivity index (χ0v) is 11.3. The summed E-state index contributed by atoms with van der Waals surface area (Å²) in [5.74, 6) is 5.18. The van der Waals surface area contributed by atoms with Crippen molar-refractivity contribution in [2.45, 2.75) is 32.1 Å². The number of rotatable bonds is 3. The maximum absolute atomic E-state index is 13.3. The maximum atomic E-state index is 13.3. The molecule has 1 aromatic carbocycles. The number of carbonyl (C=O) groups is 1. The molecule has 0 unspecified atom stereocenters. The van der Waals surface area contributed by atoms with Crippen LogP contribution in [-0.2, 0) is 4.79 Å². The Morgan fingerprint density at radius 2 is 2.15 bits per heavy atom. The van der Waals surface area contributed by atoms with Gasteiger partial charge in [0.25, 0.3) is 0 Å². The Hall–Kier alpha value is -1.86. The summed E-state index contributed by atoms with van der Waals surface area (Å²) in [4.78, 5) is 12.1. The number of aliphatic hydroxyl groups is 1. The van der Waals surface area contributed by atoms with Crippen molar-refractivity contribution in [1.29, 1.82) is 0 Å². The Balaban J connectivity index is 2.14. The van der Waals surface area contributed by atoms with Crippen LogP contribution in [-0.4, -0.2) is 17.6 Å². The highest BCUT2D eigenvalue weighted by Crippen LogP contribution is 2.26. The minimum atomic E-state index is -0.392. The molecule has 1 aliphatic carbocycles. The summed E-state index contributed by atoms with van der Waals surface area (Å²) >= 11 is 0. The third-order valence-electron chi connectivity index (χ3n) is 3.43. The topological polar surface area (TPSA) is 49.3 Å². The molecule has 0 heterocycles. The lowest BCUT2D eigenvalue weighted by Crippen LogP contribution is -2.20. The first-order chi connectivity index (χ1) is 9.70. The van der Waals surface area contributed by atoms with E-state index in [0.29, 0.717) is 17.7 Å². The standard InChI is InChI=1S/C16H18FNO2/c17-14-8-9-15(13(11-14)7-3-4-10-19)18-16(20)12-5-1-2-6-12/h8-9,11-12,19H,1-2,4-6,10H2,(H,18,20). The normalized spacial score (nSPS) is 14.7. The van der Waals surface area contributed by atoms with E-state index in [1.807, 2.05) is 0 Å². The van der Waals surface area contributed by atoms with Gasteiger partial charge < -0.3 is 10.4 Å². The molecule has 1 fully saturated rings. The van der Waals surface area contributed by atoms with E-state index in [2.05, 4.69) is 17.2 Å². The fraction of sp³-hybridized carbons (Fsp3) is 0.438. The molecule has 1 aliphatic rings. The average Bonchev–Trinajstić information content (AvgIpc) is 2.96. The summed E-state index contributed by atoms with van der Waals surface area (Å²) in [5, 5.41) is 11.5. The predicted octanol–water partition coefficient (Wildman–Crippen LogP) is 2.69. The van der Waals surface area contributed by atoms with Gasteiger partial charge in [-0.3, -0.25) is 4.79 Å². The second kappa shape index (κ2) is 7.06. The number of hydrogen-bond donors (Lipinski definition) is 2. The van der Waals surface area contributed by atoms with Gasteiger partial charge in [0.1, 0.15) is 5.82 Å². The van der Waals surface area contributed by atoms with Gasteiger partial charge in [-0.15, -0.1) is 0 Å². The lowest BCUT2D eigenvalue weighted by molar-refractivity contribution is -0.119. The number of benzene rings is 1. The molecule has 0 bridgehead atoms. The van der Waals surface area contributed by atoms with E-state index >= 15 is 0 Å². The number of carbonyl (C=O) groups excluding carboxylic acids is 1. The summed E-state index contributed by atoms with van der Waals surface area (Å²) in [6.45, 7) is -0.0356. The van der Waals surface area contributed by atoms with Gasteiger partial charge in [-0.25, -0.2) is 4.39 Å². The number of amides is 1. The van der Waals surface area contributed by atoms with Gasteiger partial charge in [0.05, 0.1) is 17.9 Å². The van der Waals surface area contributed by atoms with E-state index in [-0.39, 0.29) is 18.4 Å². The lowest BCUT2D eigenvalue weighted by atomic mass is 10.1. The van der Waals surface area contributed by atoms with Crippen LogP contribution in [0.3, 0.4) is 0 Å². The van der Waals surface area contributed by atoms with Crippen LogP contribution in [0, 0.1) is 23.6 Å². The third-order valence-corrected chi connectivity index (χ3v) is 3.43. The van der Waals surface area contributed by atoms with Crippen LogP contribution in [0.25, 0.3) is 0 Å². The number of nitrogens with one attached hydrogen (secondary N) is 1. The summed E-state index contributed by atoms with van der Waals surface area (Å²) in [5.41, 5.74) is 0.985. The molecule has 20 heavy (non-hydrogen) atoms. The van der Waals surface area contributed by atoms with Gasteiger partial charge in [-0.1, -0.05) is 24.7 Å². The summed E-state index contributed by atoms with van der Waals surface area (Å²) < 4.78 is 13.3. The Bertz CT molecular complexity index is 539. The molecular formula is C16H18FNO2. The van der Waals surface area contributed by atoms with Crippen LogP contribution in [0.5, 0.6) is 0 Å². The van der Waals surface area contributed by atoms with Crippen LogP contribution in [0.1, 0.15) is 37.7 Å². The van der Waals surface area contributed by atoms with E-state index < -0.39 is 5.82 Å². The quantitative estimate of drug-likeness (QED) is 0.833. The fourth-order valence-electron chi connectivity index (χ4n) is 2.37. The second-order valence-electron chi connectivity index (χ2n) is 4.94. The van der Waals surface area contributed by atoms with Crippen molar-refractivity contribution in [2.24, 2.45) is 5.92 Å². The monoisotopic (exact) mass is 275 g/mol. The van der Waals surface area contributed by atoms with Crippen LogP contribution in [0.15, 0.2) is 18.2 Å². The summed E-state index contributed by atoms with van der Waals surface area (Å²) in [6.07, 6.45) is 4.33. The van der Waals surface area contributed by atoms with Crippen LogP contribution in [0.2, 0.25) is 0 Å². The molecule has 1 amide bonds. The highest BCUT2D eigenvalue weighted by molar-refractivity contribution is 5.94. The van der Waals surface area contributed by atoms with Gasteiger partial charge in [0.2, 0.25) is 5.91 Å². The average molecular weight is 275 g/mol. The molecule has 0 radical (unpaired) electrons. The molecule has 0 spiro atoms. The largest absolute Gasteiger partial charge is 0.395 e. The van der Waals surface area contributed by atoms with Crippen LogP contribution in [0.4, 0.5) is 10.1 Å². The lowest BCUT2D eigenvalue weighted by Gasteiger charge is -2.11. The Labute approximate surface area is 118 Å². The molecule has 2 N–H and O–H groups in total. The molecule has 0 aromatic heterocycles. The van der Waals surface area contributed by atoms with Crippen molar-refractivity contribution in [2.75, 3.05) is 11.9 Å². The second-order valence-corrected chi connectivity index (χ2v) is 4.94. The number of aliphatic hydroxyl groups excluding tert-OH is 1. The van der Waals surface area contributed by atoms with Crippen LogP contribution < -0.4 is 5.32 Å². The van der Waals surface area contributed by atoms with Gasteiger partial charge in [-0.05, 0) is 31.0 Å². The van der Waals surface area contributed by atoms with Gasteiger partial charge in [0, 0.05) is 12.3 Å². The first kappa shape index (κ1) is 14.5. The number of hydrogen-bond acceptors (Lipinski definition) is 2. The molecule has 3 nitrogen and oxygen atoms in total. The van der Waals surface area contributed by atoms with Crippen molar-refractivity contribution >= 4 is 11.6 Å². The van der Waals surface area contributed by atoms with Crippen molar-refractivity contribution in [1.82, 2.24) is 0 Å². The van der Waals surface area contributed by atoms with Crippen molar-refractivity contribution in [3.8, 4) is 11.8 Å². The molecule has 106 valence electrons. The van der Waals surface area contributed by atoms with Crippen molar-refractivity contribution < 1.29 is 14.3 Å². The van der Waals surface area contributed by atoms with Gasteiger partial charge in [0.15, 0.2) is 0 Å². The van der Waals surface area contributed by atoms with E-state index in [9.17, 15) is 9.18 Å². The first-order valence-corrected chi connectivity index (χ1v) is 6.91. The Morgan fingerprint density at radius 3 is 2.85 bits per heavy atom. The Morgan fingerprint density at radius 1 is 1.40 bits per heavy atom. The highest BCUT2D eigenvalue weighted by Gasteiger charge is 2.23. The van der Waals surface area contributed by atoms with E-state index in [4.69, 9.17) is 5.11 Å². The molecule has 1 aromatic rings. The fourth-order valence-corrected chi connectivity index (χ4v) is 2.37. The summed E-state index contributed by atoms with van der Waals surface area (Å²) in [7, 11) is 0. The summed E-state index contributed by atoms with van der Waals surface area (Å²) in [6, 6.07) is 4.14. The molecular weight excluding hydrogens is 257 g/mol. The smallest absolute Gasteiger partial charge is 0.227 e. The third kappa shape index (κ3) is 3.82. The first-order valence-electron chi connectivity index (χ1n) is 6.91. The predicted molar refractivity (Wildman–Crippen MR) is 75.6 cm³/mol. The number of anilines is 1. The van der Waals surface area contributed by atoms with E-state index in [1.54, 1.807) is 0 Å². The molecule has 0 saturated heterocycles. The highest BCUT2D eigenvalue weighted by atomic mass is 19.1. The minimum absolute atomic E-state index is 0.0145. The van der Waals surface area contributed by atoms with Crippen molar-refractivity contribution in [3.63, 3.8) is 0 Å². The van der Waals surface area contributed by atoms with Gasteiger partial charge in [-0.2, -0.15) is 0 Å². The maximum Gasteiger partial charge on any atom is 0.227 e. The minimum Gasteiger partial charge on any atom is -0.395 e. The Kier molecular flexibility index (Phi) is 5.14. The molecule has 0 aliphatic heterocycles. The van der Waals surface area contributed by atoms with Crippen molar-refractivity contribution in [3.05, 3.63) is 29.6 Å². The van der Waals surface area contributed by atoms with Gasteiger partial charge >= 0.3 is 0 Å². The molecule has 2 rings (SSSR count).